The van der Waals surface area contributed by atoms with Gasteiger partial charge in [-0.2, -0.15) is 0 Å². The van der Waals surface area contributed by atoms with Crippen LogP contribution in [-0.2, 0) is 11.3 Å². The van der Waals surface area contributed by atoms with Crippen LogP contribution in [-0.4, -0.2) is 22.8 Å². The lowest BCUT2D eigenvalue weighted by molar-refractivity contribution is 0.116. The standard InChI is InChI=1S/C16H22ClFN2O/c1-11(2)6-8-21-9-7-20-15-10-13(18)4-5-14(15)19-16(20)12(3)17/h4-5,10-12H,6-9H2,1-3H3. The number of aromatic nitrogens is 2. The van der Waals surface area contributed by atoms with Crippen molar-refractivity contribution in [2.45, 2.75) is 39.1 Å². The molecule has 5 heteroatoms. The molecule has 1 atom stereocenters. The molecule has 0 aliphatic heterocycles. The molecule has 0 N–H and O–H groups in total. The van der Waals surface area contributed by atoms with Crippen LogP contribution in [0.5, 0.6) is 0 Å². The number of halogens is 2. The topological polar surface area (TPSA) is 27.1 Å². The van der Waals surface area contributed by atoms with Crippen molar-refractivity contribution in [2.75, 3.05) is 13.2 Å². The van der Waals surface area contributed by atoms with Crippen molar-refractivity contribution < 1.29 is 9.13 Å². The monoisotopic (exact) mass is 312 g/mol. The van der Waals surface area contributed by atoms with Crippen molar-refractivity contribution in [3.63, 3.8) is 0 Å². The van der Waals surface area contributed by atoms with Crippen LogP contribution < -0.4 is 0 Å². The van der Waals surface area contributed by atoms with Crippen LogP contribution in [0.15, 0.2) is 18.2 Å². The summed E-state index contributed by atoms with van der Waals surface area (Å²) in [5, 5.41) is -0.226. The van der Waals surface area contributed by atoms with Gasteiger partial charge >= 0.3 is 0 Å². The molecule has 2 rings (SSSR count). The van der Waals surface area contributed by atoms with Gasteiger partial charge in [-0.25, -0.2) is 9.37 Å². The van der Waals surface area contributed by atoms with Gasteiger partial charge in [0.1, 0.15) is 11.6 Å². The molecule has 0 aliphatic rings. The third kappa shape index (κ3) is 4.17. The number of hydrogen-bond donors (Lipinski definition) is 0. The normalized spacial score (nSPS) is 13.2. The summed E-state index contributed by atoms with van der Waals surface area (Å²) in [5.41, 5.74) is 1.53. The van der Waals surface area contributed by atoms with E-state index >= 15 is 0 Å². The first-order chi connectivity index (χ1) is 9.99. The molecule has 1 aromatic carbocycles. The van der Waals surface area contributed by atoms with E-state index < -0.39 is 0 Å². The molecule has 0 amide bonds. The highest BCUT2D eigenvalue weighted by Gasteiger charge is 2.15. The van der Waals surface area contributed by atoms with Crippen LogP contribution >= 0.6 is 11.6 Å². The fraction of sp³-hybridized carbons (Fsp3) is 0.562. The number of ether oxygens (including phenoxy) is 1. The molecule has 0 radical (unpaired) electrons. The van der Waals surface area contributed by atoms with Gasteiger partial charge < -0.3 is 9.30 Å². The van der Waals surface area contributed by atoms with E-state index in [1.54, 1.807) is 6.07 Å². The lowest BCUT2D eigenvalue weighted by Crippen LogP contribution is -2.11. The highest BCUT2D eigenvalue weighted by Crippen LogP contribution is 2.25. The fourth-order valence-corrected chi connectivity index (χ4v) is 2.40. The van der Waals surface area contributed by atoms with Crippen molar-refractivity contribution in [3.8, 4) is 0 Å². The Morgan fingerprint density at radius 3 is 2.71 bits per heavy atom. The van der Waals surface area contributed by atoms with Gasteiger partial charge in [0.05, 0.1) is 23.0 Å². The van der Waals surface area contributed by atoms with Crippen LogP contribution in [0.3, 0.4) is 0 Å². The summed E-state index contributed by atoms with van der Waals surface area (Å²) in [5.74, 6) is 1.12. The van der Waals surface area contributed by atoms with Crippen molar-refractivity contribution >= 4 is 22.6 Å². The summed E-state index contributed by atoms with van der Waals surface area (Å²) in [7, 11) is 0. The maximum Gasteiger partial charge on any atom is 0.127 e. The molecule has 3 nitrogen and oxygen atoms in total. The van der Waals surface area contributed by atoms with Gasteiger partial charge in [-0.05, 0) is 37.5 Å². The van der Waals surface area contributed by atoms with E-state index in [1.165, 1.54) is 12.1 Å². The van der Waals surface area contributed by atoms with Gasteiger partial charge in [-0.15, -0.1) is 11.6 Å². The molecule has 1 unspecified atom stereocenters. The summed E-state index contributed by atoms with van der Waals surface area (Å²) in [6.45, 7) is 8.15. The Bertz CT molecular complexity index is 595. The van der Waals surface area contributed by atoms with Crippen LogP contribution in [0.1, 0.15) is 38.4 Å². The van der Waals surface area contributed by atoms with Crippen molar-refractivity contribution in [1.82, 2.24) is 9.55 Å². The highest BCUT2D eigenvalue weighted by molar-refractivity contribution is 6.20. The molecule has 1 heterocycles. The molecule has 0 saturated carbocycles. The second-order valence-corrected chi connectivity index (χ2v) is 6.32. The molecule has 0 fully saturated rings. The Morgan fingerprint density at radius 2 is 2.05 bits per heavy atom. The minimum Gasteiger partial charge on any atom is -0.380 e. The molecule has 0 spiro atoms. The summed E-state index contributed by atoms with van der Waals surface area (Å²) in [6.07, 6.45) is 1.04. The minimum atomic E-state index is -0.266. The first kappa shape index (κ1) is 16.2. The SMILES string of the molecule is CC(C)CCOCCn1c(C(C)Cl)nc2ccc(F)cc21. The summed E-state index contributed by atoms with van der Waals surface area (Å²) in [6, 6.07) is 4.60. The van der Waals surface area contributed by atoms with E-state index in [2.05, 4.69) is 18.8 Å². The number of benzene rings is 1. The molecular formula is C16H22ClFN2O. The zero-order valence-electron chi connectivity index (χ0n) is 12.8. The third-order valence-electron chi connectivity index (χ3n) is 3.39. The molecule has 0 aliphatic carbocycles. The van der Waals surface area contributed by atoms with Crippen LogP contribution in [0.4, 0.5) is 4.39 Å². The summed E-state index contributed by atoms with van der Waals surface area (Å²) < 4.78 is 21.0. The predicted octanol–water partition coefficient (Wildman–Crippen LogP) is 4.54. The van der Waals surface area contributed by atoms with Gasteiger partial charge in [0.2, 0.25) is 0 Å². The lowest BCUT2D eigenvalue weighted by atomic mass is 10.1. The Labute approximate surface area is 130 Å². The molecular weight excluding hydrogens is 291 g/mol. The average molecular weight is 313 g/mol. The van der Waals surface area contributed by atoms with Gasteiger partial charge in [0.25, 0.3) is 0 Å². The first-order valence-electron chi connectivity index (χ1n) is 7.36. The molecule has 116 valence electrons. The smallest absolute Gasteiger partial charge is 0.127 e. The van der Waals surface area contributed by atoms with Gasteiger partial charge in [-0.3, -0.25) is 0 Å². The highest BCUT2D eigenvalue weighted by atomic mass is 35.5. The second kappa shape index (κ2) is 7.23. The van der Waals surface area contributed by atoms with E-state index in [0.29, 0.717) is 19.1 Å². The van der Waals surface area contributed by atoms with Crippen LogP contribution in [0, 0.1) is 11.7 Å². The lowest BCUT2D eigenvalue weighted by Gasteiger charge is -2.11. The molecule has 21 heavy (non-hydrogen) atoms. The summed E-state index contributed by atoms with van der Waals surface area (Å²) in [4.78, 5) is 4.49. The van der Waals surface area contributed by atoms with Gasteiger partial charge in [0.15, 0.2) is 0 Å². The maximum absolute atomic E-state index is 13.5. The predicted molar refractivity (Wildman–Crippen MR) is 84.2 cm³/mol. The average Bonchev–Trinajstić information content (AvgIpc) is 2.76. The number of rotatable bonds is 7. The first-order valence-corrected chi connectivity index (χ1v) is 7.80. The van der Waals surface area contributed by atoms with Crippen molar-refractivity contribution in [3.05, 3.63) is 29.8 Å². The fourth-order valence-electron chi connectivity index (χ4n) is 2.23. The molecule has 0 saturated heterocycles. The Balaban J connectivity index is 2.12. The maximum atomic E-state index is 13.5. The van der Waals surface area contributed by atoms with Gasteiger partial charge in [0, 0.05) is 13.2 Å². The Morgan fingerprint density at radius 1 is 1.29 bits per heavy atom. The molecule has 0 bridgehead atoms. The second-order valence-electron chi connectivity index (χ2n) is 5.67. The van der Waals surface area contributed by atoms with E-state index in [1.807, 2.05) is 11.5 Å². The number of fused-ring (bicyclic) bond motifs is 1. The largest absolute Gasteiger partial charge is 0.380 e. The third-order valence-corrected chi connectivity index (χ3v) is 3.59. The van der Waals surface area contributed by atoms with E-state index in [0.717, 1.165) is 29.9 Å². The van der Waals surface area contributed by atoms with Crippen molar-refractivity contribution in [2.24, 2.45) is 5.92 Å². The number of alkyl halides is 1. The van der Waals surface area contributed by atoms with E-state index in [9.17, 15) is 4.39 Å². The van der Waals surface area contributed by atoms with Crippen LogP contribution in [0.25, 0.3) is 11.0 Å². The molecule has 1 aromatic heterocycles. The minimum absolute atomic E-state index is 0.226. The van der Waals surface area contributed by atoms with Crippen molar-refractivity contribution in [1.29, 1.82) is 0 Å². The summed E-state index contributed by atoms with van der Waals surface area (Å²) >= 11 is 6.18. The Hall–Kier alpha value is -1.13. The number of hydrogen-bond acceptors (Lipinski definition) is 2. The zero-order chi connectivity index (χ0) is 15.4. The Kier molecular flexibility index (Phi) is 5.59. The van der Waals surface area contributed by atoms with E-state index in [-0.39, 0.29) is 11.2 Å². The molecule has 2 aromatic rings. The zero-order valence-corrected chi connectivity index (χ0v) is 13.5. The number of nitrogens with zero attached hydrogens (tertiary/aromatic N) is 2. The quantitative estimate of drug-likeness (QED) is 0.554. The van der Waals surface area contributed by atoms with E-state index in [4.69, 9.17) is 16.3 Å². The van der Waals surface area contributed by atoms with Gasteiger partial charge in [-0.1, -0.05) is 13.8 Å². The van der Waals surface area contributed by atoms with Crippen LogP contribution in [0.2, 0.25) is 0 Å². The number of imidazole rings is 1.